The van der Waals surface area contributed by atoms with Crippen LogP contribution in [0.25, 0.3) is 0 Å². The van der Waals surface area contributed by atoms with Crippen molar-refractivity contribution in [1.82, 2.24) is 4.90 Å². The highest BCUT2D eigenvalue weighted by Gasteiger charge is 2.41. The van der Waals surface area contributed by atoms with Crippen LogP contribution in [0.15, 0.2) is 24.3 Å². The minimum atomic E-state index is -0.440. The van der Waals surface area contributed by atoms with Gasteiger partial charge in [0.25, 0.3) is 0 Å². The Balaban J connectivity index is 2.08. The summed E-state index contributed by atoms with van der Waals surface area (Å²) < 4.78 is 5.60. The molecule has 2 rings (SSSR count). The number of aliphatic hydroxyl groups is 3. The van der Waals surface area contributed by atoms with E-state index < -0.39 is 11.5 Å². The topological polar surface area (TPSA) is 73.2 Å². The smallest absolute Gasteiger partial charge is 0.123 e. The van der Waals surface area contributed by atoms with E-state index in [4.69, 9.17) is 9.84 Å². The maximum atomic E-state index is 10.4. The van der Waals surface area contributed by atoms with Crippen molar-refractivity contribution in [1.29, 1.82) is 0 Å². The molecule has 2 atom stereocenters. The van der Waals surface area contributed by atoms with Crippen LogP contribution < -0.4 is 4.74 Å². The number of ether oxygens (including phenoxy) is 1. The Hall–Kier alpha value is -1.14. The molecule has 1 heterocycles. The highest BCUT2D eigenvalue weighted by atomic mass is 16.5. The summed E-state index contributed by atoms with van der Waals surface area (Å²) in [6.07, 6.45) is 2.01. The number of hydrogen-bond acceptors (Lipinski definition) is 5. The molecule has 0 aliphatic carbocycles. The third kappa shape index (κ3) is 4.44. The third-order valence-corrected chi connectivity index (χ3v) is 4.74. The average molecular weight is 323 g/mol. The third-order valence-electron chi connectivity index (χ3n) is 4.74. The number of benzene rings is 1. The predicted molar refractivity (Wildman–Crippen MR) is 89.4 cm³/mol. The summed E-state index contributed by atoms with van der Waals surface area (Å²) in [4.78, 5) is 2.28. The molecule has 1 saturated heterocycles. The first-order valence-corrected chi connectivity index (χ1v) is 8.48. The van der Waals surface area contributed by atoms with E-state index in [0.29, 0.717) is 13.0 Å². The first-order valence-electron chi connectivity index (χ1n) is 8.48. The Kier molecular flexibility index (Phi) is 6.84. The number of para-hydroxylation sites is 1. The van der Waals surface area contributed by atoms with E-state index >= 15 is 0 Å². The summed E-state index contributed by atoms with van der Waals surface area (Å²) >= 11 is 0. The van der Waals surface area contributed by atoms with Crippen molar-refractivity contribution in [3.63, 3.8) is 0 Å². The molecule has 130 valence electrons. The van der Waals surface area contributed by atoms with Gasteiger partial charge in [-0.2, -0.15) is 0 Å². The van der Waals surface area contributed by atoms with Crippen LogP contribution in [0.2, 0.25) is 0 Å². The quantitative estimate of drug-likeness (QED) is 0.674. The zero-order valence-electron chi connectivity index (χ0n) is 13.9. The van der Waals surface area contributed by atoms with E-state index in [9.17, 15) is 10.2 Å². The van der Waals surface area contributed by atoms with Gasteiger partial charge in [-0.25, -0.2) is 0 Å². The number of piperidine rings is 1. The van der Waals surface area contributed by atoms with E-state index in [0.717, 1.165) is 37.2 Å². The minimum Gasteiger partial charge on any atom is -0.491 e. The Morgan fingerprint density at radius 3 is 2.78 bits per heavy atom. The summed E-state index contributed by atoms with van der Waals surface area (Å²) in [7, 11) is 0. The average Bonchev–Trinajstić information content (AvgIpc) is 2.57. The molecule has 0 unspecified atom stereocenters. The standard InChI is InChI=1S/C18H29NO4/c1-2-8-18(14-21)13-19(9-7-17(18)22)12-15-5-3-4-6-16(15)23-11-10-20/h3-6,17,20-22H,2,7-14H2,1H3/t17-,18-/m0/s1. The van der Waals surface area contributed by atoms with Gasteiger partial charge in [-0.15, -0.1) is 0 Å². The van der Waals surface area contributed by atoms with Crippen LogP contribution in [0, 0.1) is 5.41 Å². The Morgan fingerprint density at radius 1 is 1.30 bits per heavy atom. The van der Waals surface area contributed by atoms with Crippen LogP contribution in [0.1, 0.15) is 31.7 Å². The zero-order chi connectivity index (χ0) is 16.7. The molecular weight excluding hydrogens is 294 g/mol. The Morgan fingerprint density at radius 2 is 2.09 bits per heavy atom. The number of rotatable bonds is 8. The molecule has 0 saturated carbocycles. The predicted octanol–water partition coefficient (Wildman–Crippen LogP) is 1.40. The van der Waals surface area contributed by atoms with Crippen LogP contribution in [-0.2, 0) is 6.54 Å². The molecule has 0 aromatic heterocycles. The Labute approximate surface area is 138 Å². The fraction of sp³-hybridized carbons (Fsp3) is 0.667. The summed E-state index contributed by atoms with van der Waals surface area (Å²) in [5.74, 6) is 0.790. The first-order chi connectivity index (χ1) is 11.1. The lowest BCUT2D eigenvalue weighted by atomic mass is 9.74. The van der Waals surface area contributed by atoms with Gasteiger partial charge in [-0.05, 0) is 18.9 Å². The van der Waals surface area contributed by atoms with Crippen molar-refractivity contribution >= 4 is 0 Å². The maximum absolute atomic E-state index is 10.4. The van der Waals surface area contributed by atoms with Gasteiger partial charge >= 0.3 is 0 Å². The van der Waals surface area contributed by atoms with Gasteiger partial charge in [0.1, 0.15) is 12.4 Å². The molecule has 0 amide bonds. The maximum Gasteiger partial charge on any atom is 0.123 e. The number of likely N-dealkylation sites (tertiary alicyclic amines) is 1. The minimum absolute atomic E-state index is 0.00559. The molecule has 1 aliphatic heterocycles. The zero-order valence-corrected chi connectivity index (χ0v) is 13.9. The first kappa shape index (κ1) is 18.2. The van der Waals surface area contributed by atoms with E-state index in [1.165, 1.54) is 0 Å². The molecule has 0 spiro atoms. The number of nitrogens with zero attached hydrogens (tertiary/aromatic N) is 1. The van der Waals surface area contributed by atoms with Crippen LogP contribution in [0.4, 0.5) is 0 Å². The monoisotopic (exact) mass is 323 g/mol. The van der Waals surface area contributed by atoms with Gasteiger partial charge < -0.3 is 20.1 Å². The van der Waals surface area contributed by atoms with Gasteiger partial charge in [-0.3, -0.25) is 4.90 Å². The molecule has 1 aromatic carbocycles. The molecular formula is C18H29NO4. The van der Waals surface area contributed by atoms with E-state index in [-0.39, 0.29) is 19.8 Å². The molecule has 5 nitrogen and oxygen atoms in total. The van der Waals surface area contributed by atoms with Crippen molar-refractivity contribution in [2.75, 3.05) is 32.9 Å². The second-order valence-corrected chi connectivity index (χ2v) is 6.47. The normalized spacial score (nSPS) is 25.5. The molecule has 23 heavy (non-hydrogen) atoms. The fourth-order valence-electron chi connectivity index (χ4n) is 3.53. The van der Waals surface area contributed by atoms with Crippen molar-refractivity contribution in [2.45, 2.75) is 38.8 Å². The van der Waals surface area contributed by atoms with Crippen molar-refractivity contribution < 1.29 is 20.1 Å². The Bertz CT molecular complexity index is 482. The SMILES string of the molecule is CCC[C@@]1(CO)CN(Cc2ccccc2OCCO)CC[C@@H]1O. The largest absolute Gasteiger partial charge is 0.491 e. The summed E-state index contributed by atoms with van der Waals surface area (Å²) in [5, 5.41) is 29.2. The second-order valence-electron chi connectivity index (χ2n) is 6.47. The van der Waals surface area contributed by atoms with Gasteiger partial charge in [0.15, 0.2) is 0 Å². The highest BCUT2D eigenvalue weighted by molar-refractivity contribution is 5.33. The van der Waals surface area contributed by atoms with Gasteiger partial charge in [0.2, 0.25) is 0 Å². The van der Waals surface area contributed by atoms with Crippen molar-refractivity contribution in [3.05, 3.63) is 29.8 Å². The lowest BCUT2D eigenvalue weighted by molar-refractivity contribution is -0.0820. The molecule has 0 radical (unpaired) electrons. The van der Waals surface area contributed by atoms with Crippen molar-refractivity contribution in [3.8, 4) is 5.75 Å². The summed E-state index contributed by atoms with van der Waals surface area (Å²) in [6, 6.07) is 7.84. The molecule has 1 fully saturated rings. The van der Waals surface area contributed by atoms with E-state index in [1.807, 2.05) is 24.3 Å². The molecule has 5 heteroatoms. The van der Waals surface area contributed by atoms with Gasteiger partial charge in [-0.1, -0.05) is 31.5 Å². The fourth-order valence-corrected chi connectivity index (χ4v) is 3.53. The summed E-state index contributed by atoms with van der Waals surface area (Å²) in [5.41, 5.74) is 0.647. The second kappa shape index (κ2) is 8.64. The molecule has 3 N–H and O–H groups in total. The number of hydrogen-bond donors (Lipinski definition) is 3. The molecule has 1 aliphatic rings. The van der Waals surface area contributed by atoms with Crippen LogP contribution in [0.3, 0.4) is 0 Å². The highest BCUT2D eigenvalue weighted by Crippen LogP contribution is 2.35. The van der Waals surface area contributed by atoms with Gasteiger partial charge in [0.05, 0.1) is 19.3 Å². The van der Waals surface area contributed by atoms with Gasteiger partial charge in [0, 0.05) is 30.6 Å². The lowest BCUT2D eigenvalue weighted by Crippen LogP contribution is -2.53. The number of aliphatic hydroxyl groups excluding tert-OH is 3. The van der Waals surface area contributed by atoms with Crippen molar-refractivity contribution in [2.24, 2.45) is 5.41 Å². The van der Waals surface area contributed by atoms with Crippen LogP contribution in [-0.4, -0.2) is 59.2 Å². The summed E-state index contributed by atoms with van der Waals surface area (Å²) in [6.45, 7) is 4.59. The molecule has 1 aromatic rings. The van der Waals surface area contributed by atoms with E-state index in [2.05, 4.69) is 11.8 Å². The molecule has 0 bridgehead atoms. The lowest BCUT2D eigenvalue weighted by Gasteiger charge is -2.45. The van der Waals surface area contributed by atoms with Crippen LogP contribution in [0.5, 0.6) is 5.75 Å². The van der Waals surface area contributed by atoms with Crippen LogP contribution >= 0.6 is 0 Å². The van der Waals surface area contributed by atoms with E-state index in [1.54, 1.807) is 0 Å².